The van der Waals surface area contributed by atoms with Crippen LogP contribution < -0.4 is 15.9 Å². The van der Waals surface area contributed by atoms with Crippen molar-refractivity contribution < 1.29 is 36.0 Å². The zero-order chi connectivity index (χ0) is 24.1. The van der Waals surface area contributed by atoms with E-state index >= 15 is 0 Å². The number of fused-ring (bicyclic) bond motifs is 1. The zero-order valence-corrected chi connectivity index (χ0v) is 18.0. The van der Waals surface area contributed by atoms with E-state index in [9.17, 15) is 31.5 Å². The first-order valence-corrected chi connectivity index (χ1v) is 11.0. The first-order chi connectivity index (χ1) is 15.5. The average Bonchev–Trinajstić information content (AvgIpc) is 3.26. The summed E-state index contributed by atoms with van der Waals surface area (Å²) in [7, 11) is -4.95. The minimum absolute atomic E-state index is 0.0520. The molecule has 1 aliphatic rings. The van der Waals surface area contributed by atoms with Crippen LogP contribution in [0.25, 0.3) is 5.57 Å². The predicted octanol–water partition coefficient (Wildman–Crippen LogP) is 2.62. The number of carbonyl (C=O) groups is 1. The average molecular weight is 479 g/mol. The summed E-state index contributed by atoms with van der Waals surface area (Å²) in [5.41, 5.74) is -0.364. The van der Waals surface area contributed by atoms with Gasteiger partial charge in [0.05, 0.1) is 23.5 Å². The monoisotopic (exact) mass is 479 g/mol. The predicted molar refractivity (Wildman–Crippen MR) is 109 cm³/mol. The van der Waals surface area contributed by atoms with E-state index in [1.807, 2.05) is 0 Å². The van der Waals surface area contributed by atoms with Crippen molar-refractivity contribution in [1.82, 2.24) is 5.16 Å². The number of nitrogens with one attached hydrogen (secondary N) is 1. The molecule has 172 valence electrons. The Morgan fingerprint density at radius 3 is 2.52 bits per heavy atom. The molecule has 0 spiro atoms. The van der Waals surface area contributed by atoms with E-state index in [0.29, 0.717) is 17.9 Å². The molecule has 2 aromatic carbocycles. The Hall–Kier alpha value is -3.67. The molecule has 0 amide bonds. The smallest absolute Gasteiger partial charge is 0.307 e. The fourth-order valence-corrected chi connectivity index (χ4v) is 5.25. The number of hydrogen-bond donors (Lipinski definition) is 2. The first-order valence-electron chi connectivity index (χ1n) is 9.54. The van der Waals surface area contributed by atoms with Gasteiger partial charge in [0.1, 0.15) is 33.0 Å². The third kappa shape index (κ3) is 3.97. The highest BCUT2D eigenvalue weighted by atomic mass is 32.2. The van der Waals surface area contributed by atoms with Gasteiger partial charge < -0.3 is 14.9 Å². The van der Waals surface area contributed by atoms with Crippen molar-refractivity contribution in [3.05, 3.63) is 64.1 Å². The molecule has 1 aliphatic heterocycles. The van der Waals surface area contributed by atoms with Gasteiger partial charge in [-0.15, -0.1) is 0 Å². The van der Waals surface area contributed by atoms with Crippen LogP contribution in [0, 0.1) is 24.4 Å². The summed E-state index contributed by atoms with van der Waals surface area (Å²) in [6.07, 6.45) is -0.597. The number of aryl methyl sites for hydroxylation is 1. The molecule has 8 nitrogen and oxygen atoms in total. The number of aliphatic carboxylic acids is 1. The lowest BCUT2D eigenvalue weighted by atomic mass is 10.0. The van der Waals surface area contributed by atoms with Crippen molar-refractivity contribution in [2.75, 3.05) is 5.32 Å². The lowest BCUT2D eigenvalue weighted by Gasteiger charge is -2.12. The normalized spacial score (nSPS) is 15.3. The fourth-order valence-electron chi connectivity index (χ4n) is 3.63. The van der Waals surface area contributed by atoms with Crippen molar-refractivity contribution in [2.45, 2.75) is 36.1 Å². The van der Waals surface area contributed by atoms with Crippen LogP contribution in [0.4, 0.5) is 24.7 Å². The molecular weight excluding hydrogens is 463 g/mol. The molecule has 1 atom stereocenters. The Morgan fingerprint density at radius 1 is 1.15 bits per heavy atom. The third-order valence-corrected chi connectivity index (χ3v) is 6.89. The molecule has 0 aliphatic carbocycles. The molecule has 33 heavy (non-hydrogen) atoms. The van der Waals surface area contributed by atoms with Gasteiger partial charge in [0.15, 0.2) is 5.82 Å². The molecular formula is C21H16F3N3O5S. The summed E-state index contributed by atoms with van der Waals surface area (Å²) in [5, 5.41) is 15.1. The van der Waals surface area contributed by atoms with Gasteiger partial charge in [0.2, 0.25) is 9.84 Å². The largest absolute Gasteiger partial charge is 0.481 e. The Balaban J connectivity index is 1.90. The summed E-state index contributed by atoms with van der Waals surface area (Å²) in [4.78, 5) is 13.4. The third-order valence-electron chi connectivity index (χ3n) is 5.06. The number of benzene rings is 2. The van der Waals surface area contributed by atoms with Gasteiger partial charge in [0, 0.05) is 17.4 Å². The van der Waals surface area contributed by atoms with Crippen molar-refractivity contribution in [1.29, 1.82) is 0 Å². The maximum Gasteiger partial charge on any atom is 0.307 e. The summed E-state index contributed by atoms with van der Waals surface area (Å²) >= 11 is 0. The van der Waals surface area contributed by atoms with Gasteiger partial charge in [0.25, 0.3) is 0 Å². The van der Waals surface area contributed by atoms with Gasteiger partial charge in [-0.3, -0.25) is 9.79 Å². The van der Waals surface area contributed by atoms with E-state index in [-0.39, 0.29) is 22.0 Å². The van der Waals surface area contributed by atoms with Crippen LogP contribution in [0.15, 0.2) is 49.6 Å². The number of nitrogens with zero attached hydrogens (tertiary/aromatic N) is 2. The lowest BCUT2D eigenvalue weighted by molar-refractivity contribution is -0.135. The molecule has 0 radical (unpaired) electrons. The highest BCUT2D eigenvalue weighted by molar-refractivity contribution is 7.91. The van der Waals surface area contributed by atoms with E-state index in [1.165, 1.54) is 19.1 Å². The van der Waals surface area contributed by atoms with Crippen LogP contribution in [0.3, 0.4) is 0 Å². The number of carboxylic acids is 1. The van der Waals surface area contributed by atoms with Crippen LogP contribution in [0.1, 0.15) is 19.1 Å². The maximum atomic E-state index is 14.9. The second kappa shape index (κ2) is 8.03. The second-order valence-electron chi connectivity index (χ2n) is 7.39. The topological polar surface area (TPSA) is 122 Å². The number of sulfone groups is 1. The SMILES string of the molecule is Cc1cc(Nc2cc(F)c(S(=O)(=O)c3c(F)ccc4c3=C(CC(=O)O)C(C)N=4)cc2F)no1. The zero-order valence-electron chi connectivity index (χ0n) is 17.2. The fraction of sp³-hybridized carbons (Fsp3) is 0.190. The quantitative estimate of drug-likeness (QED) is 0.557. The molecule has 0 saturated heterocycles. The molecule has 4 rings (SSSR count). The van der Waals surface area contributed by atoms with Crippen molar-refractivity contribution >= 4 is 32.9 Å². The molecule has 12 heteroatoms. The number of hydrogen-bond acceptors (Lipinski definition) is 7. The molecule has 3 aromatic rings. The lowest BCUT2D eigenvalue weighted by Crippen LogP contribution is -2.32. The van der Waals surface area contributed by atoms with Crippen molar-refractivity contribution in [3.8, 4) is 0 Å². The van der Waals surface area contributed by atoms with E-state index in [0.717, 1.165) is 6.07 Å². The van der Waals surface area contributed by atoms with Gasteiger partial charge >= 0.3 is 5.97 Å². The van der Waals surface area contributed by atoms with Crippen LogP contribution in [-0.4, -0.2) is 30.7 Å². The molecule has 0 fully saturated rings. The van der Waals surface area contributed by atoms with E-state index in [1.54, 1.807) is 6.92 Å². The van der Waals surface area contributed by atoms with E-state index < -0.39 is 61.2 Å². The number of anilines is 2. The number of carboxylic acid groups (broad SMARTS) is 1. The van der Waals surface area contributed by atoms with Gasteiger partial charge in [-0.2, -0.15) is 0 Å². The minimum Gasteiger partial charge on any atom is -0.481 e. The summed E-state index contributed by atoms with van der Waals surface area (Å²) in [6, 6.07) is 3.75. The van der Waals surface area contributed by atoms with Crippen LogP contribution in [-0.2, 0) is 14.6 Å². The summed E-state index contributed by atoms with van der Waals surface area (Å²) in [5.74, 6) is -4.53. The van der Waals surface area contributed by atoms with Crippen molar-refractivity contribution in [2.24, 2.45) is 4.99 Å². The Bertz CT molecular complexity index is 1530. The molecule has 0 bridgehead atoms. The number of rotatable bonds is 6. The number of aromatic nitrogens is 1. The Labute approximate surface area is 185 Å². The van der Waals surface area contributed by atoms with Crippen molar-refractivity contribution in [3.63, 3.8) is 0 Å². The van der Waals surface area contributed by atoms with E-state index in [2.05, 4.69) is 15.5 Å². The molecule has 1 unspecified atom stereocenters. The van der Waals surface area contributed by atoms with Crippen LogP contribution in [0.5, 0.6) is 0 Å². The summed E-state index contributed by atoms with van der Waals surface area (Å²) < 4.78 is 75.9. The van der Waals surface area contributed by atoms with Crippen LogP contribution in [0.2, 0.25) is 0 Å². The Morgan fingerprint density at radius 2 is 1.88 bits per heavy atom. The number of halogens is 3. The van der Waals surface area contributed by atoms with Gasteiger partial charge in [-0.05, 0) is 37.6 Å². The van der Waals surface area contributed by atoms with Gasteiger partial charge in [-0.25, -0.2) is 21.6 Å². The Kier molecular flexibility index (Phi) is 5.48. The standard InChI is InChI=1S/C21H16F3N3O5S/c1-9-5-18(27-32-9)26-16-7-14(24)17(8-13(16)23)33(30,31)21-12(22)3-4-15-20(21)11(6-19(28)29)10(2)25-15/h3-5,7-8,10H,6H2,1-2H3,(H,26,27)(H,28,29). The highest BCUT2D eigenvalue weighted by Gasteiger charge is 2.32. The van der Waals surface area contributed by atoms with Gasteiger partial charge in [-0.1, -0.05) is 5.16 Å². The maximum absolute atomic E-state index is 14.9. The second-order valence-corrected chi connectivity index (χ2v) is 9.24. The minimum atomic E-state index is -4.95. The van der Waals surface area contributed by atoms with Crippen LogP contribution >= 0.6 is 0 Å². The molecule has 1 aromatic heterocycles. The molecule has 2 heterocycles. The van der Waals surface area contributed by atoms with E-state index in [4.69, 9.17) is 4.52 Å². The first kappa shape index (κ1) is 22.5. The molecule has 0 saturated carbocycles. The highest BCUT2D eigenvalue weighted by Crippen LogP contribution is 2.30. The molecule has 2 N–H and O–H groups in total. The summed E-state index contributed by atoms with van der Waals surface area (Å²) in [6.45, 7) is 3.11.